The molecule has 1 N–H and O–H groups in total. The minimum atomic E-state index is -0.350. The van der Waals surface area contributed by atoms with Crippen LogP contribution in [0.25, 0.3) is 0 Å². The number of hydrogen-bond acceptors (Lipinski definition) is 3. The van der Waals surface area contributed by atoms with Crippen LogP contribution in [0.2, 0.25) is 0 Å². The van der Waals surface area contributed by atoms with Crippen molar-refractivity contribution < 1.29 is 4.92 Å². The highest BCUT2D eigenvalue weighted by molar-refractivity contribution is 5.63. The summed E-state index contributed by atoms with van der Waals surface area (Å²) in [6, 6.07) is 13.4. The van der Waals surface area contributed by atoms with Crippen LogP contribution in [0.4, 0.5) is 11.4 Å². The highest BCUT2D eigenvalue weighted by Crippen LogP contribution is 2.29. The Hall–Kier alpha value is -2.36. The maximum absolute atomic E-state index is 11.1. The summed E-state index contributed by atoms with van der Waals surface area (Å²) in [6.07, 6.45) is 0. The van der Waals surface area contributed by atoms with Crippen molar-refractivity contribution in [3.63, 3.8) is 0 Å². The second-order valence-corrected chi connectivity index (χ2v) is 5.05. The van der Waals surface area contributed by atoms with E-state index in [-0.39, 0.29) is 16.7 Å². The third-order valence-electron chi connectivity index (χ3n) is 3.30. The van der Waals surface area contributed by atoms with E-state index in [0.29, 0.717) is 5.69 Å². The number of nitro benzene ring substituents is 1. The minimum absolute atomic E-state index is 0.0111. The zero-order valence-corrected chi connectivity index (χ0v) is 11.9. The summed E-state index contributed by atoms with van der Waals surface area (Å²) in [5.41, 5.74) is 3.84. The molecule has 0 radical (unpaired) electrons. The molecule has 4 heteroatoms. The fourth-order valence-electron chi connectivity index (χ4n) is 2.09. The van der Waals surface area contributed by atoms with Gasteiger partial charge >= 0.3 is 0 Å². The predicted molar refractivity (Wildman–Crippen MR) is 81.1 cm³/mol. The third-order valence-corrected chi connectivity index (χ3v) is 3.30. The molecule has 0 aliphatic carbocycles. The quantitative estimate of drug-likeness (QED) is 0.662. The lowest BCUT2D eigenvalue weighted by Crippen LogP contribution is -2.08. The van der Waals surface area contributed by atoms with E-state index in [1.165, 1.54) is 5.56 Å². The number of benzene rings is 2. The summed E-state index contributed by atoms with van der Waals surface area (Å²) in [5.74, 6) is 0. The summed E-state index contributed by atoms with van der Waals surface area (Å²) in [7, 11) is 0. The number of rotatable bonds is 4. The molecule has 0 bridgehead atoms. The second-order valence-electron chi connectivity index (χ2n) is 5.05. The maximum atomic E-state index is 11.1. The van der Waals surface area contributed by atoms with Gasteiger partial charge in [0.05, 0.1) is 4.92 Å². The van der Waals surface area contributed by atoms with Crippen molar-refractivity contribution in [1.82, 2.24) is 0 Å². The van der Waals surface area contributed by atoms with Crippen molar-refractivity contribution in [3.8, 4) is 0 Å². The van der Waals surface area contributed by atoms with Gasteiger partial charge in [0.2, 0.25) is 0 Å². The molecule has 0 aliphatic rings. The van der Waals surface area contributed by atoms with Gasteiger partial charge in [-0.15, -0.1) is 0 Å². The summed E-state index contributed by atoms with van der Waals surface area (Å²) >= 11 is 0. The normalized spacial score (nSPS) is 11.9. The van der Waals surface area contributed by atoms with Gasteiger partial charge in [0.25, 0.3) is 5.69 Å². The number of nitro groups is 1. The van der Waals surface area contributed by atoms with E-state index in [4.69, 9.17) is 0 Å². The van der Waals surface area contributed by atoms with Crippen molar-refractivity contribution in [2.45, 2.75) is 26.8 Å². The molecule has 20 heavy (non-hydrogen) atoms. The first kappa shape index (κ1) is 14.1. The fourth-order valence-corrected chi connectivity index (χ4v) is 2.09. The minimum Gasteiger partial charge on any atom is -0.373 e. The SMILES string of the molecule is Cc1ccc(C(C)Nc2ccc(C)cc2[N+](=O)[O-])cc1. The van der Waals surface area contributed by atoms with Gasteiger partial charge in [-0.05, 0) is 38.0 Å². The van der Waals surface area contributed by atoms with Gasteiger partial charge in [-0.1, -0.05) is 35.9 Å². The van der Waals surface area contributed by atoms with E-state index in [1.54, 1.807) is 12.1 Å². The lowest BCUT2D eigenvalue weighted by Gasteiger charge is -2.16. The van der Waals surface area contributed by atoms with Crippen LogP contribution in [0.5, 0.6) is 0 Å². The molecule has 104 valence electrons. The van der Waals surface area contributed by atoms with Crippen molar-refractivity contribution in [3.05, 3.63) is 69.3 Å². The van der Waals surface area contributed by atoms with Crippen LogP contribution in [0, 0.1) is 24.0 Å². The predicted octanol–water partition coefficient (Wildman–Crippen LogP) is 4.38. The monoisotopic (exact) mass is 270 g/mol. The number of hydrogen-bond donors (Lipinski definition) is 1. The molecule has 1 atom stereocenters. The zero-order chi connectivity index (χ0) is 14.7. The molecule has 2 aromatic carbocycles. The van der Waals surface area contributed by atoms with Gasteiger partial charge in [0.15, 0.2) is 0 Å². The maximum Gasteiger partial charge on any atom is 0.292 e. The van der Waals surface area contributed by atoms with E-state index < -0.39 is 0 Å². The van der Waals surface area contributed by atoms with Crippen LogP contribution >= 0.6 is 0 Å². The molecule has 2 rings (SSSR count). The number of anilines is 1. The van der Waals surface area contributed by atoms with E-state index in [9.17, 15) is 10.1 Å². The number of nitrogens with zero attached hydrogens (tertiary/aromatic N) is 1. The molecular weight excluding hydrogens is 252 g/mol. The average molecular weight is 270 g/mol. The van der Waals surface area contributed by atoms with Gasteiger partial charge in [-0.2, -0.15) is 0 Å². The van der Waals surface area contributed by atoms with Gasteiger partial charge in [-0.25, -0.2) is 0 Å². The Balaban J connectivity index is 2.25. The molecule has 4 nitrogen and oxygen atoms in total. The average Bonchev–Trinajstić information content (AvgIpc) is 2.41. The molecule has 0 spiro atoms. The first-order valence-electron chi connectivity index (χ1n) is 6.55. The van der Waals surface area contributed by atoms with Crippen LogP contribution in [0.15, 0.2) is 42.5 Å². The van der Waals surface area contributed by atoms with Crippen molar-refractivity contribution >= 4 is 11.4 Å². The van der Waals surface area contributed by atoms with Crippen molar-refractivity contribution in [1.29, 1.82) is 0 Å². The van der Waals surface area contributed by atoms with Gasteiger partial charge < -0.3 is 5.32 Å². The summed E-state index contributed by atoms with van der Waals surface area (Å²) in [6.45, 7) is 5.88. The Morgan fingerprint density at radius 1 is 1.05 bits per heavy atom. The molecular formula is C16H18N2O2. The highest BCUT2D eigenvalue weighted by Gasteiger charge is 2.16. The third kappa shape index (κ3) is 3.15. The Kier molecular flexibility index (Phi) is 4.03. The van der Waals surface area contributed by atoms with Crippen LogP contribution in [-0.2, 0) is 0 Å². The van der Waals surface area contributed by atoms with E-state index >= 15 is 0 Å². The Labute approximate surface area is 118 Å². The molecule has 0 aliphatic heterocycles. The fraction of sp³-hybridized carbons (Fsp3) is 0.250. The van der Waals surface area contributed by atoms with Crippen molar-refractivity contribution in [2.24, 2.45) is 0 Å². The first-order valence-corrected chi connectivity index (χ1v) is 6.55. The lowest BCUT2D eigenvalue weighted by molar-refractivity contribution is -0.384. The molecule has 0 fully saturated rings. The van der Waals surface area contributed by atoms with Crippen molar-refractivity contribution in [2.75, 3.05) is 5.32 Å². The standard InChI is InChI=1S/C16H18N2O2/c1-11-4-7-14(8-5-11)13(3)17-15-9-6-12(2)10-16(15)18(19)20/h4-10,13,17H,1-3H3. The molecule has 2 aromatic rings. The smallest absolute Gasteiger partial charge is 0.292 e. The molecule has 1 unspecified atom stereocenters. The summed E-state index contributed by atoms with van der Waals surface area (Å²) in [5, 5.41) is 14.3. The summed E-state index contributed by atoms with van der Waals surface area (Å²) < 4.78 is 0. The summed E-state index contributed by atoms with van der Waals surface area (Å²) in [4.78, 5) is 10.8. The topological polar surface area (TPSA) is 55.2 Å². The Morgan fingerprint density at radius 3 is 2.25 bits per heavy atom. The van der Waals surface area contributed by atoms with E-state index in [2.05, 4.69) is 5.32 Å². The van der Waals surface area contributed by atoms with Gasteiger partial charge in [0, 0.05) is 12.1 Å². The molecule has 0 aromatic heterocycles. The molecule has 0 saturated carbocycles. The lowest BCUT2D eigenvalue weighted by atomic mass is 10.1. The Bertz CT molecular complexity index is 621. The second kappa shape index (κ2) is 5.74. The highest BCUT2D eigenvalue weighted by atomic mass is 16.6. The largest absolute Gasteiger partial charge is 0.373 e. The first-order chi connectivity index (χ1) is 9.47. The Morgan fingerprint density at radius 2 is 1.65 bits per heavy atom. The van der Waals surface area contributed by atoms with Gasteiger partial charge in [-0.3, -0.25) is 10.1 Å². The van der Waals surface area contributed by atoms with Gasteiger partial charge in [0.1, 0.15) is 5.69 Å². The van der Waals surface area contributed by atoms with Crippen LogP contribution < -0.4 is 5.32 Å². The van der Waals surface area contributed by atoms with Crippen LogP contribution in [0.1, 0.15) is 29.7 Å². The molecule has 0 heterocycles. The number of nitrogens with one attached hydrogen (secondary N) is 1. The van der Waals surface area contributed by atoms with Crippen LogP contribution in [-0.4, -0.2) is 4.92 Å². The zero-order valence-electron chi connectivity index (χ0n) is 11.9. The van der Waals surface area contributed by atoms with E-state index in [0.717, 1.165) is 11.1 Å². The molecule has 0 amide bonds. The number of aryl methyl sites for hydroxylation is 2. The molecule has 0 saturated heterocycles. The van der Waals surface area contributed by atoms with Crippen LogP contribution in [0.3, 0.4) is 0 Å². The van der Waals surface area contributed by atoms with E-state index in [1.807, 2.05) is 51.1 Å².